The number of carbonyl (C=O) groups excluding carboxylic acids is 2. The second-order valence-corrected chi connectivity index (χ2v) is 23.7. The molecule has 0 rings (SSSR count). The summed E-state index contributed by atoms with van der Waals surface area (Å²) in [6, 6.07) is 0. The van der Waals surface area contributed by atoms with E-state index in [4.69, 9.17) is 9.22 Å². The third-order valence-corrected chi connectivity index (χ3v) is 20.2. The van der Waals surface area contributed by atoms with E-state index in [0.717, 1.165) is 135 Å². The van der Waals surface area contributed by atoms with Gasteiger partial charge in [0.1, 0.15) is 0 Å². The van der Waals surface area contributed by atoms with Crippen LogP contribution in [-0.2, 0) is 18.8 Å². The van der Waals surface area contributed by atoms with Gasteiger partial charge in [0.2, 0.25) is 0 Å². The molecule has 0 spiro atoms. The number of rotatable bonds is 29. The minimum atomic E-state index is -2.92. The Morgan fingerprint density at radius 3 is 1.45 bits per heavy atom. The fourth-order valence-electron chi connectivity index (χ4n) is 5.48. The third-order valence-electron chi connectivity index (χ3n) is 8.63. The van der Waals surface area contributed by atoms with Crippen molar-refractivity contribution in [3.8, 4) is 0 Å². The number of carbonyl (C=O) groups is 2. The standard InChI is InChI=1S/C11H22O.2C8H16O2.2C4H9.2Sn/c1-4-7-9-11(12,6-3)10-8-5-2;2*1-3-5-6-7(4-2)8(9)10;2*1-3-4-2;;/h3-10H2,1-2H3;2*7H,3-6H2,1-2H3,(H,9,10);2*1,3-4H2,2H3;;/q-1;;;;;+1;+2/p-2. The molecule has 0 aromatic heterocycles. The van der Waals surface area contributed by atoms with E-state index in [-0.39, 0.29) is 29.4 Å². The molecule has 2 atom stereocenters. The van der Waals surface area contributed by atoms with E-state index >= 15 is 0 Å². The van der Waals surface area contributed by atoms with E-state index < -0.39 is 40.8 Å². The maximum absolute atomic E-state index is 13.3. The molecule has 2 unspecified atom stereocenters. The van der Waals surface area contributed by atoms with Crippen LogP contribution in [0.3, 0.4) is 0 Å². The Hall–Kier alpha value is 0.497. The zero-order valence-corrected chi connectivity index (χ0v) is 35.0. The maximum atomic E-state index is 13.3. The van der Waals surface area contributed by atoms with E-state index in [1.807, 2.05) is 0 Å². The average Bonchev–Trinajstić information content (AvgIpc) is 2.99. The second-order valence-electron chi connectivity index (χ2n) is 12.4. The van der Waals surface area contributed by atoms with Crippen LogP contribution in [0.25, 0.3) is 0 Å². The first-order valence-electron chi connectivity index (χ1n) is 18.1. The van der Waals surface area contributed by atoms with Crippen molar-refractivity contribution >= 4 is 52.7 Å². The van der Waals surface area contributed by atoms with Crippen LogP contribution in [0.4, 0.5) is 0 Å². The fourth-order valence-corrected chi connectivity index (χ4v) is 18.2. The Labute approximate surface area is 277 Å². The van der Waals surface area contributed by atoms with E-state index in [1.54, 1.807) is 0 Å². The van der Waals surface area contributed by atoms with Gasteiger partial charge in [-0.15, -0.1) is 0 Å². The summed E-state index contributed by atoms with van der Waals surface area (Å²) in [5.74, 6) is 0.132. The van der Waals surface area contributed by atoms with Crippen LogP contribution < -0.4 is 0 Å². The minimum absolute atomic E-state index is 0.000921. The van der Waals surface area contributed by atoms with E-state index in [9.17, 15) is 9.59 Å². The van der Waals surface area contributed by atoms with Crippen molar-refractivity contribution in [2.24, 2.45) is 11.8 Å². The molecule has 0 heterocycles. The molecule has 0 saturated carbocycles. The first-order chi connectivity index (χ1) is 20.3. The first-order valence-corrected chi connectivity index (χ1v) is 27.7. The van der Waals surface area contributed by atoms with Crippen molar-refractivity contribution in [1.29, 1.82) is 0 Å². The van der Waals surface area contributed by atoms with Crippen LogP contribution in [0.5, 0.6) is 0 Å². The molecule has 0 N–H and O–H groups in total. The molecule has 248 valence electrons. The Morgan fingerprint density at radius 2 is 1.00 bits per heavy atom. The fraction of sp³-hybridized carbons (Fsp3) is 0.943. The van der Waals surface area contributed by atoms with Gasteiger partial charge in [-0.25, -0.2) is 0 Å². The van der Waals surface area contributed by atoms with Gasteiger partial charge in [0, 0.05) is 0 Å². The van der Waals surface area contributed by atoms with Crippen molar-refractivity contribution in [2.45, 2.75) is 196 Å². The summed E-state index contributed by atoms with van der Waals surface area (Å²) in [5.41, 5.74) is -0.239. The molecule has 0 aromatic carbocycles. The predicted octanol–water partition coefficient (Wildman–Crippen LogP) is 11.1. The molecule has 0 bridgehead atoms. The van der Waals surface area contributed by atoms with Gasteiger partial charge in [-0.2, -0.15) is 0 Å². The summed E-state index contributed by atoms with van der Waals surface area (Å²) in [6.45, 7) is 17.6. The van der Waals surface area contributed by atoms with Crippen LogP contribution >= 0.6 is 0 Å². The summed E-state index contributed by atoms with van der Waals surface area (Å²) < 4.78 is 23.2. The molecule has 0 amide bonds. The number of hydrogen-bond donors (Lipinski definition) is 0. The molecule has 0 aliphatic rings. The molecule has 42 heavy (non-hydrogen) atoms. The van der Waals surface area contributed by atoms with E-state index in [1.165, 1.54) is 0 Å². The van der Waals surface area contributed by atoms with Crippen molar-refractivity contribution in [1.82, 2.24) is 0 Å². The number of hydrogen-bond acceptors (Lipinski definition) is 5. The van der Waals surface area contributed by atoms with Crippen LogP contribution in [-0.4, -0.2) is 58.3 Å². The first kappa shape index (κ1) is 42.5. The van der Waals surface area contributed by atoms with Gasteiger partial charge in [0.05, 0.1) is 0 Å². The topological polar surface area (TPSA) is 61.8 Å². The van der Waals surface area contributed by atoms with Crippen LogP contribution in [0, 0.1) is 11.8 Å². The average molecular weight is 808 g/mol. The Balaban J connectivity index is 6.00. The molecule has 0 saturated heterocycles. The number of unbranched alkanes of at least 4 members (excludes halogenated alkanes) is 6. The van der Waals surface area contributed by atoms with E-state index in [0.29, 0.717) is 0 Å². The van der Waals surface area contributed by atoms with Gasteiger partial charge in [-0.1, -0.05) is 0 Å². The van der Waals surface area contributed by atoms with Crippen molar-refractivity contribution in [3.05, 3.63) is 0 Å². The molecule has 5 nitrogen and oxygen atoms in total. The molecule has 0 fully saturated rings. The van der Waals surface area contributed by atoms with Crippen LogP contribution in [0.15, 0.2) is 0 Å². The molecule has 0 aliphatic carbocycles. The summed E-state index contributed by atoms with van der Waals surface area (Å²) in [7, 11) is 0. The zero-order chi connectivity index (χ0) is 31.6. The summed E-state index contributed by atoms with van der Waals surface area (Å²) in [5, 5.41) is 0. The molecular formula is C35H70O5Sn2. The summed E-state index contributed by atoms with van der Waals surface area (Å²) in [4.78, 5) is 26.6. The Morgan fingerprint density at radius 1 is 0.548 bits per heavy atom. The molecule has 7 heteroatoms. The second kappa shape index (κ2) is 27.8. The van der Waals surface area contributed by atoms with Gasteiger partial charge in [0.25, 0.3) is 0 Å². The SMILES string of the molecule is CCCCC(CC)C(=O)[O][Sn]([CH2]CCC)[CH2]CC(CCCC)(CCCC)[O][Sn]([CH2]CCC)[O]C(=O)C(CC)CCCC. The zero-order valence-electron chi connectivity index (χ0n) is 29.3. The van der Waals surface area contributed by atoms with Gasteiger partial charge < -0.3 is 0 Å². The quantitative estimate of drug-likeness (QED) is 0.0705. The van der Waals surface area contributed by atoms with Crippen LogP contribution in [0.2, 0.25) is 13.3 Å². The normalized spacial score (nSPS) is 13.5. The van der Waals surface area contributed by atoms with Gasteiger partial charge in [0.15, 0.2) is 0 Å². The summed E-state index contributed by atoms with van der Waals surface area (Å²) in [6.07, 6.45) is 19.9. The monoisotopic (exact) mass is 810 g/mol. The Bertz CT molecular complexity index is 651. The van der Waals surface area contributed by atoms with Gasteiger partial charge in [-0.05, 0) is 0 Å². The van der Waals surface area contributed by atoms with Crippen molar-refractivity contribution < 1.29 is 18.8 Å². The van der Waals surface area contributed by atoms with E-state index in [2.05, 4.69) is 55.4 Å². The van der Waals surface area contributed by atoms with Crippen molar-refractivity contribution in [2.75, 3.05) is 0 Å². The van der Waals surface area contributed by atoms with Crippen molar-refractivity contribution in [3.63, 3.8) is 0 Å². The third kappa shape index (κ3) is 19.1. The van der Waals surface area contributed by atoms with Crippen LogP contribution in [0.1, 0.15) is 177 Å². The predicted molar refractivity (Wildman–Crippen MR) is 182 cm³/mol. The van der Waals surface area contributed by atoms with Gasteiger partial charge >= 0.3 is 280 Å². The Kier molecular flexibility index (Phi) is 28.1. The molecule has 0 aromatic rings. The van der Waals surface area contributed by atoms with Gasteiger partial charge in [-0.3, -0.25) is 0 Å². The summed E-state index contributed by atoms with van der Waals surface area (Å²) >= 11 is -5.34. The molecule has 2 radical (unpaired) electrons. The molecule has 0 aliphatic heterocycles. The molecular weight excluding hydrogens is 738 g/mol.